The van der Waals surface area contributed by atoms with Crippen LogP contribution in [-0.4, -0.2) is 24.7 Å². The minimum atomic E-state index is -0.339. The zero-order valence-electron chi connectivity index (χ0n) is 15.4. The van der Waals surface area contributed by atoms with Crippen molar-refractivity contribution in [3.8, 4) is 11.5 Å². The van der Waals surface area contributed by atoms with Crippen molar-refractivity contribution >= 4 is 27.5 Å². The van der Waals surface area contributed by atoms with Gasteiger partial charge >= 0.3 is 0 Å². The van der Waals surface area contributed by atoms with Crippen molar-refractivity contribution in [2.24, 2.45) is 4.99 Å². The molecule has 0 bridgehead atoms. The molecule has 1 aromatic heterocycles. The fourth-order valence-electron chi connectivity index (χ4n) is 2.91. The Morgan fingerprint density at radius 2 is 2.00 bits per heavy atom. The van der Waals surface area contributed by atoms with Crippen LogP contribution in [0.1, 0.15) is 29.3 Å². The molecule has 0 saturated carbocycles. The molecule has 0 atom stereocenters. The molecule has 2 aromatic carbocycles. The van der Waals surface area contributed by atoms with Crippen LogP contribution in [0, 0.1) is 6.92 Å². The number of thiazole rings is 1. The summed E-state index contributed by atoms with van der Waals surface area (Å²) in [5, 5.41) is 0. The molecule has 1 heterocycles. The second kappa shape index (κ2) is 7.74. The van der Waals surface area contributed by atoms with Crippen molar-refractivity contribution < 1.29 is 14.3 Å². The van der Waals surface area contributed by atoms with E-state index in [9.17, 15) is 4.79 Å². The molecule has 26 heavy (non-hydrogen) atoms. The Hall–Kier alpha value is -2.60. The number of nitrogens with zero attached hydrogens (tertiary/aromatic N) is 2. The third-order valence-corrected chi connectivity index (χ3v) is 5.16. The molecule has 0 aliphatic carbocycles. The molecule has 0 aliphatic rings. The second-order valence-electron chi connectivity index (χ2n) is 5.97. The van der Waals surface area contributed by atoms with E-state index in [1.807, 2.05) is 0 Å². The number of aryl methyl sites for hydroxylation is 2. The Morgan fingerprint density at radius 1 is 1.19 bits per heavy atom. The van der Waals surface area contributed by atoms with E-state index in [1.54, 1.807) is 25.3 Å². The summed E-state index contributed by atoms with van der Waals surface area (Å²) < 4.78 is 13.9. The number of rotatable bonds is 5. The zero-order chi connectivity index (χ0) is 18.7. The fourth-order valence-corrected chi connectivity index (χ4v) is 4.06. The molecule has 136 valence electrons. The number of carbonyl (C=O) groups excluding carboxylic acids is 1. The van der Waals surface area contributed by atoms with E-state index in [0.29, 0.717) is 21.9 Å². The van der Waals surface area contributed by atoms with Crippen molar-refractivity contribution in [2.75, 3.05) is 14.2 Å². The third kappa shape index (κ3) is 3.37. The first-order chi connectivity index (χ1) is 12.6. The molecular formula is C20H22N2O3S. The topological polar surface area (TPSA) is 52.8 Å². The Balaban J connectivity index is 2.16. The molecule has 0 spiro atoms. The van der Waals surface area contributed by atoms with Crippen molar-refractivity contribution in [3.63, 3.8) is 0 Å². The van der Waals surface area contributed by atoms with Gasteiger partial charge in [0.15, 0.2) is 16.3 Å². The Morgan fingerprint density at radius 3 is 2.69 bits per heavy atom. The third-order valence-electron chi connectivity index (χ3n) is 4.12. The number of para-hydroxylation sites is 1. The first-order valence-electron chi connectivity index (χ1n) is 8.49. The highest BCUT2D eigenvalue weighted by molar-refractivity contribution is 7.16. The Labute approximate surface area is 156 Å². The number of aromatic nitrogens is 1. The highest BCUT2D eigenvalue weighted by Gasteiger charge is 2.16. The summed E-state index contributed by atoms with van der Waals surface area (Å²) in [7, 11) is 3.07. The minimum Gasteiger partial charge on any atom is -0.493 e. The van der Waals surface area contributed by atoms with E-state index in [1.165, 1.54) is 24.0 Å². The maximum absolute atomic E-state index is 12.9. The predicted molar refractivity (Wildman–Crippen MR) is 104 cm³/mol. The number of carbonyl (C=O) groups is 1. The van der Waals surface area contributed by atoms with Gasteiger partial charge in [-0.1, -0.05) is 30.4 Å². The lowest BCUT2D eigenvalue weighted by Gasteiger charge is -2.10. The molecule has 3 aromatic rings. The number of hydrogen-bond acceptors (Lipinski definition) is 4. The van der Waals surface area contributed by atoms with Crippen LogP contribution in [-0.2, 0) is 6.54 Å². The molecule has 5 nitrogen and oxygen atoms in total. The van der Waals surface area contributed by atoms with E-state index >= 15 is 0 Å². The monoisotopic (exact) mass is 370 g/mol. The van der Waals surface area contributed by atoms with Crippen molar-refractivity contribution in [1.82, 2.24) is 4.57 Å². The molecule has 1 amide bonds. The van der Waals surface area contributed by atoms with Crippen LogP contribution in [0.15, 0.2) is 41.4 Å². The number of hydrogen-bond donors (Lipinski definition) is 0. The van der Waals surface area contributed by atoms with Crippen LogP contribution in [0.4, 0.5) is 0 Å². The summed E-state index contributed by atoms with van der Waals surface area (Å²) in [5.41, 5.74) is 2.69. The maximum atomic E-state index is 12.9. The molecule has 0 unspecified atom stereocenters. The quantitative estimate of drug-likeness (QED) is 0.677. The van der Waals surface area contributed by atoms with Gasteiger partial charge in [-0.15, -0.1) is 0 Å². The summed E-state index contributed by atoms with van der Waals surface area (Å²) >= 11 is 1.53. The van der Waals surface area contributed by atoms with Gasteiger partial charge in [0.25, 0.3) is 5.91 Å². The predicted octanol–water partition coefficient (Wildman–Crippen LogP) is 4.18. The van der Waals surface area contributed by atoms with Gasteiger partial charge in [0.05, 0.1) is 30.0 Å². The maximum Gasteiger partial charge on any atom is 0.283 e. The van der Waals surface area contributed by atoms with Crippen molar-refractivity contribution in [3.05, 3.63) is 52.3 Å². The SMILES string of the molecule is CCCn1c(=NC(=O)c2cccc(OC)c2OC)sc2cc(C)ccc21. The smallest absolute Gasteiger partial charge is 0.283 e. The Kier molecular flexibility index (Phi) is 5.42. The summed E-state index contributed by atoms with van der Waals surface area (Å²) in [6.45, 7) is 4.98. The van der Waals surface area contributed by atoms with Gasteiger partial charge in [-0.3, -0.25) is 4.79 Å². The normalized spacial score (nSPS) is 11.8. The lowest BCUT2D eigenvalue weighted by atomic mass is 10.2. The van der Waals surface area contributed by atoms with Crippen LogP contribution in [0.3, 0.4) is 0 Å². The Bertz CT molecular complexity index is 1020. The minimum absolute atomic E-state index is 0.339. The van der Waals surface area contributed by atoms with Gasteiger partial charge in [-0.2, -0.15) is 4.99 Å². The van der Waals surface area contributed by atoms with Gasteiger partial charge in [-0.25, -0.2) is 0 Å². The first kappa shape index (κ1) is 18.2. The molecule has 0 aliphatic heterocycles. The molecule has 0 saturated heterocycles. The van der Waals surface area contributed by atoms with Crippen molar-refractivity contribution in [2.45, 2.75) is 26.8 Å². The molecule has 6 heteroatoms. The fraction of sp³-hybridized carbons (Fsp3) is 0.300. The van der Waals surface area contributed by atoms with Crippen LogP contribution in [0.5, 0.6) is 11.5 Å². The van der Waals surface area contributed by atoms with Gasteiger partial charge in [0.2, 0.25) is 0 Å². The molecule has 0 fully saturated rings. The summed E-state index contributed by atoms with van der Waals surface area (Å²) in [6, 6.07) is 11.5. The highest BCUT2D eigenvalue weighted by Crippen LogP contribution is 2.31. The van der Waals surface area contributed by atoms with E-state index in [-0.39, 0.29) is 5.91 Å². The van der Waals surface area contributed by atoms with Crippen molar-refractivity contribution in [1.29, 1.82) is 0 Å². The molecular weight excluding hydrogens is 348 g/mol. The largest absolute Gasteiger partial charge is 0.493 e. The number of amides is 1. The average molecular weight is 370 g/mol. The zero-order valence-corrected chi connectivity index (χ0v) is 16.2. The first-order valence-corrected chi connectivity index (χ1v) is 9.30. The number of ether oxygens (including phenoxy) is 2. The number of benzene rings is 2. The summed E-state index contributed by atoms with van der Waals surface area (Å²) in [5.74, 6) is 0.582. The number of methoxy groups -OCH3 is 2. The lowest BCUT2D eigenvalue weighted by molar-refractivity contribution is 0.0994. The highest BCUT2D eigenvalue weighted by atomic mass is 32.1. The second-order valence-corrected chi connectivity index (χ2v) is 6.97. The van der Waals surface area contributed by atoms with Gasteiger partial charge in [0.1, 0.15) is 0 Å². The van der Waals surface area contributed by atoms with Gasteiger partial charge < -0.3 is 14.0 Å². The number of fused-ring (bicyclic) bond motifs is 1. The van der Waals surface area contributed by atoms with Crippen LogP contribution in [0.25, 0.3) is 10.2 Å². The van der Waals surface area contributed by atoms with E-state index in [0.717, 1.165) is 23.2 Å². The van der Waals surface area contributed by atoms with Gasteiger partial charge in [0, 0.05) is 6.54 Å². The van der Waals surface area contributed by atoms with Crippen LogP contribution in [0.2, 0.25) is 0 Å². The molecule has 0 N–H and O–H groups in total. The molecule has 0 radical (unpaired) electrons. The lowest BCUT2D eigenvalue weighted by Crippen LogP contribution is -2.17. The average Bonchev–Trinajstić information content (AvgIpc) is 2.97. The molecule has 3 rings (SSSR count). The van der Waals surface area contributed by atoms with Crippen LogP contribution < -0.4 is 14.3 Å². The summed E-state index contributed by atoms with van der Waals surface area (Å²) in [4.78, 5) is 18.0. The van der Waals surface area contributed by atoms with E-state index in [4.69, 9.17) is 9.47 Å². The van der Waals surface area contributed by atoms with E-state index < -0.39 is 0 Å². The summed E-state index contributed by atoms with van der Waals surface area (Å²) in [6.07, 6.45) is 0.962. The van der Waals surface area contributed by atoms with Gasteiger partial charge in [-0.05, 0) is 43.2 Å². The van der Waals surface area contributed by atoms with E-state index in [2.05, 4.69) is 41.6 Å². The standard InChI is InChI=1S/C20H22N2O3S/c1-5-11-22-15-10-9-13(2)12-17(15)26-20(22)21-19(23)14-7-6-8-16(24-3)18(14)25-4/h6-10,12H,5,11H2,1-4H3. The van der Waals surface area contributed by atoms with Crippen LogP contribution >= 0.6 is 11.3 Å².